The van der Waals surface area contributed by atoms with Crippen molar-refractivity contribution in [2.45, 2.75) is 70.0 Å². The minimum Gasteiger partial charge on any atom is -0.389 e. The van der Waals surface area contributed by atoms with Crippen LogP contribution in [0.1, 0.15) is 58.8 Å². The van der Waals surface area contributed by atoms with Gasteiger partial charge in [-0.2, -0.15) is 11.8 Å². The van der Waals surface area contributed by atoms with Gasteiger partial charge in [-0.25, -0.2) is 0 Å². The monoisotopic (exact) mass is 284 g/mol. The molecule has 3 rings (SSSR count). The van der Waals surface area contributed by atoms with Gasteiger partial charge in [0.2, 0.25) is 0 Å². The smallest absolute Gasteiger partial charge is 0.0773 e. The van der Waals surface area contributed by atoms with Crippen molar-refractivity contribution in [2.75, 3.05) is 18.1 Å². The molecule has 0 radical (unpaired) electrons. The van der Waals surface area contributed by atoms with Gasteiger partial charge in [-0.15, -0.1) is 0 Å². The molecule has 19 heavy (non-hydrogen) atoms. The molecule has 0 aromatic rings. The lowest BCUT2D eigenvalue weighted by molar-refractivity contribution is -0.142. The zero-order valence-corrected chi connectivity index (χ0v) is 13.2. The van der Waals surface area contributed by atoms with Gasteiger partial charge < -0.3 is 9.84 Å². The SMILES string of the molecule is CC1(C)CSCC(O)(C2CCOC3(CCCC3)C2)C1. The van der Waals surface area contributed by atoms with Crippen molar-refractivity contribution in [1.82, 2.24) is 0 Å². The third-order valence-corrected chi connectivity index (χ3v) is 7.09. The van der Waals surface area contributed by atoms with Gasteiger partial charge in [0.05, 0.1) is 11.2 Å². The summed E-state index contributed by atoms with van der Waals surface area (Å²) in [5.74, 6) is 2.56. The van der Waals surface area contributed by atoms with Crippen LogP contribution in [0.3, 0.4) is 0 Å². The van der Waals surface area contributed by atoms with Gasteiger partial charge in [-0.05, 0) is 49.2 Å². The van der Waals surface area contributed by atoms with Crippen LogP contribution in [0.15, 0.2) is 0 Å². The molecule has 1 saturated carbocycles. The summed E-state index contributed by atoms with van der Waals surface area (Å²) in [7, 11) is 0. The summed E-state index contributed by atoms with van der Waals surface area (Å²) >= 11 is 1.94. The van der Waals surface area contributed by atoms with E-state index in [1.165, 1.54) is 31.4 Å². The van der Waals surface area contributed by atoms with Crippen molar-refractivity contribution in [1.29, 1.82) is 0 Å². The summed E-state index contributed by atoms with van der Waals surface area (Å²) in [5, 5.41) is 11.2. The van der Waals surface area contributed by atoms with Crippen molar-refractivity contribution in [3.63, 3.8) is 0 Å². The lowest BCUT2D eigenvalue weighted by atomic mass is 9.69. The van der Waals surface area contributed by atoms with E-state index in [4.69, 9.17) is 4.74 Å². The maximum atomic E-state index is 11.2. The molecule has 2 nitrogen and oxygen atoms in total. The highest BCUT2D eigenvalue weighted by molar-refractivity contribution is 7.99. The Morgan fingerprint density at radius 2 is 1.89 bits per heavy atom. The minimum absolute atomic E-state index is 0.130. The summed E-state index contributed by atoms with van der Waals surface area (Å²) in [6.07, 6.45) is 8.17. The highest BCUT2D eigenvalue weighted by atomic mass is 32.2. The Morgan fingerprint density at radius 1 is 1.16 bits per heavy atom. The molecule has 2 unspecified atom stereocenters. The fourth-order valence-electron chi connectivity index (χ4n) is 4.55. The first-order valence-corrected chi connectivity index (χ1v) is 9.03. The molecule has 0 bridgehead atoms. The van der Waals surface area contributed by atoms with Crippen LogP contribution in [0.2, 0.25) is 0 Å². The molecule has 0 amide bonds. The molecule has 1 spiro atoms. The summed E-state index contributed by atoms with van der Waals surface area (Å²) in [5.41, 5.74) is -0.0461. The second-order valence-electron chi connectivity index (χ2n) is 7.87. The molecule has 2 aliphatic heterocycles. The second-order valence-corrected chi connectivity index (χ2v) is 8.85. The number of thioether (sulfide) groups is 1. The van der Waals surface area contributed by atoms with Crippen LogP contribution >= 0.6 is 11.8 Å². The Balaban J connectivity index is 1.73. The Morgan fingerprint density at radius 3 is 2.58 bits per heavy atom. The molecule has 0 aromatic heterocycles. The van der Waals surface area contributed by atoms with Crippen molar-refractivity contribution in [2.24, 2.45) is 11.3 Å². The number of rotatable bonds is 1. The molecule has 3 aliphatic rings. The van der Waals surface area contributed by atoms with Gasteiger partial charge in [-0.3, -0.25) is 0 Å². The zero-order valence-electron chi connectivity index (χ0n) is 12.4. The first-order chi connectivity index (χ1) is 8.93. The average molecular weight is 284 g/mol. The second kappa shape index (κ2) is 4.92. The van der Waals surface area contributed by atoms with E-state index in [9.17, 15) is 5.11 Å². The predicted octanol–water partition coefficient (Wildman–Crippen LogP) is 3.62. The fourth-order valence-corrected chi connectivity index (χ4v) is 6.00. The molecule has 3 fully saturated rings. The largest absolute Gasteiger partial charge is 0.389 e. The highest BCUT2D eigenvalue weighted by Crippen LogP contribution is 2.50. The summed E-state index contributed by atoms with van der Waals surface area (Å²) in [6.45, 7) is 5.46. The van der Waals surface area contributed by atoms with Crippen molar-refractivity contribution in [3.05, 3.63) is 0 Å². The Labute approximate surface area is 121 Å². The average Bonchev–Trinajstić information content (AvgIpc) is 2.76. The number of aliphatic hydroxyl groups is 1. The third-order valence-electron chi connectivity index (χ3n) is 5.40. The van der Waals surface area contributed by atoms with Crippen molar-refractivity contribution >= 4 is 11.8 Å². The van der Waals surface area contributed by atoms with E-state index >= 15 is 0 Å². The van der Waals surface area contributed by atoms with E-state index in [1.807, 2.05) is 11.8 Å². The van der Waals surface area contributed by atoms with Crippen LogP contribution in [0.4, 0.5) is 0 Å². The normalized spacial score (nSPS) is 41.5. The van der Waals surface area contributed by atoms with Crippen LogP contribution in [0, 0.1) is 11.3 Å². The fraction of sp³-hybridized carbons (Fsp3) is 1.00. The summed E-state index contributed by atoms with van der Waals surface area (Å²) in [4.78, 5) is 0. The molecule has 2 heterocycles. The summed E-state index contributed by atoms with van der Waals surface area (Å²) < 4.78 is 6.13. The maximum absolute atomic E-state index is 11.2. The minimum atomic E-state index is -0.453. The molecule has 2 atom stereocenters. The van der Waals surface area contributed by atoms with Gasteiger partial charge in [0.1, 0.15) is 0 Å². The third kappa shape index (κ3) is 2.84. The van der Waals surface area contributed by atoms with Crippen molar-refractivity contribution in [3.8, 4) is 0 Å². The molecule has 3 heteroatoms. The number of hydrogen-bond donors (Lipinski definition) is 1. The number of ether oxygens (including phenoxy) is 1. The predicted molar refractivity (Wildman–Crippen MR) is 80.5 cm³/mol. The Hall–Kier alpha value is 0.270. The molecular formula is C16H28O2S. The van der Waals surface area contributed by atoms with Gasteiger partial charge in [0, 0.05) is 12.4 Å². The molecular weight excluding hydrogens is 256 g/mol. The molecule has 0 aromatic carbocycles. The van der Waals surface area contributed by atoms with E-state index in [0.29, 0.717) is 5.92 Å². The van der Waals surface area contributed by atoms with E-state index in [0.717, 1.165) is 31.6 Å². The van der Waals surface area contributed by atoms with Crippen LogP contribution < -0.4 is 0 Å². The van der Waals surface area contributed by atoms with Crippen LogP contribution in [-0.4, -0.2) is 34.4 Å². The van der Waals surface area contributed by atoms with Crippen LogP contribution in [0.5, 0.6) is 0 Å². The Kier molecular flexibility index (Phi) is 3.68. The van der Waals surface area contributed by atoms with Gasteiger partial charge in [0.15, 0.2) is 0 Å². The van der Waals surface area contributed by atoms with E-state index in [1.54, 1.807) is 0 Å². The first kappa shape index (κ1) is 14.2. The van der Waals surface area contributed by atoms with Crippen molar-refractivity contribution < 1.29 is 9.84 Å². The van der Waals surface area contributed by atoms with Gasteiger partial charge in [0.25, 0.3) is 0 Å². The van der Waals surface area contributed by atoms with Crippen LogP contribution in [-0.2, 0) is 4.74 Å². The Bertz CT molecular complexity index is 336. The van der Waals surface area contributed by atoms with Gasteiger partial charge >= 0.3 is 0 Å². The molecule has 2 saturated heterocycles. The first-order valence-electron chi connectivity index (χ1n) is 7.87. The van der Waals surface area contributed by atoms with E-state index < -0.39 is 5.60 Å². The van der Waals surface area contributed by atoms with E-state index in [-0.39, 0.29) is 11.0 Å². The quantitative estimate of drug-likeness (QED) is 0.797. The molecule has 110 valence electrons. The molecule has 1 aliphatic carbocycles. The zero-order chi connectivity index (χ0) is 13.6. The van der Waals surface area contributed by atoms with E-state index in [2.05, 4.69) is 13.8 Å². The maximum Gasteiger partial charge on any atom is 0.0773 e. The molecule has 1 N–H and O–H groups in total. The lowest BCUT2D eigenvalue weighted by Gasteiger charge is -2.50. The lowest BCUT2D eigenvalue weighted by Crippen LogP contribution is -2.53. The highest BCUT2D eigenvalue weighted by Gasteiger charge is 2.50. The van der Waals surface area contributed by atoms with Gasteiger partial charge in [-0.1, -0.05) is 26.7 Å². The number of hydrogen-bond acceptors (Lipinski definition) is 3. The van der Waals surface area contributed by atoms with Crippen LogP contribution in [0.25, 0.3) is 0 Å². The topological polar surface area (TPSA) is 29.5 Å². The standard InChI is InChI=1S/C16H28O2S/c1-14(2)10-16(17,12-19-11-14)13-5-8-18-15(9-13)6-3-4-7-15/h13,17H,3-12H2,1-2H3. The summed E-state index contributed by atoms with van der Waals surface area (Å²) in [6, 6.07) is 0.